The molecule has 0 fully saturated rings. The smallest absolute Gasteiger partial charge is 0.0708 e. The molecule has 3 rings (SSSR count). The van der Waals surface area contributed by atoms with Gasteiger partial charge in [0, 0.05) is 18.1 Å². The summed E-state index contributed by atoms with van der Waals surface area (Å²) in [5.74, 6) is 0. The Kier molecular flexibility index (Phi) is 3.02. The van der Waals surface area contributed by atoms with Gasteiger partial charge in [0.05, 0.1) is 5.52 Å². The van der Waals surface area contributed by atoms with Crippen molar-refractivity contribution in [2.45, 2.75) is 13.5 Å². The molecule has 94 valence electrons. The van der Waals surface area contributed by atoms with Gasteiger partial charge in [-0.15, -0.1) is 0 Å². The Morgan fingerprint density at radius 3 is 2.74 bits per heavy atom. The quantitative estimate of drug-likeness (QED) is 0.751. The molecule has 0 saturated carbocycles. The van der Waals surface area contributed by atoms with Crippen molar-refractivity contribution in [2.24, 2.45) is 5.73 Å². The zero-order valence-electron chi connectivity index (χ0n) is 10.9. The Hall–Kier alpha value is -2.19. The van der Waals surface area contributed by atoms with Crippen molar-refractivity contribution in [2.75, 3.05) is 0 Å². The molecular weight excluding hydrogens is 232 g/mol. The number of nitrogens with two attached hydrogens (primary N) is 1. The van der Waals surface area contributed by atoms with Crippen LogP contribution in [0.5, 0.6) is 0 Å². The number of nitrogens with zero attached hydrogens (tertiary/aromatic N) is 1. The lowest BCUT2D eigenvalue weighted by Gasteiger charge is -2.11. The molecule has 3 aromatic rings. The largest absolute Gasteiger partial charge is 0.326 e. The number of hydrogen-bond donors (Lipinski definition) is 1. The Labute approximate surface area is 112 Å². The summed E-state index contributed by atoms with van der Waals surface area (Å²) < 4.78 is 0. The van der Waals surface area contributed by atoms with Crippen LogP contribution in [0, 0.1) is 6.92 Å². The average Bonchev–Trinajstić information content (AvgIpc) is 2.47. The minimum atomic E-state index is 0.566. The number of pyridine rings is 1. The molecule has 0 atom stereocenters. The van der Waals surface area contributed by atoms with Gasteiger partial charge in [0.25, 0.3) is 0 Å². The highest BCUT2D eigenvalue weighted by molar-refractivity contribution is 5.95. The Morgan fingerprint density at radius 1 is 1.00 bits per heavy atom. The lowest BCUT2D eigenvalue weighted by atomic mass is 9.95. The number of hydrogen-bond acceptors (Lipinski definition) is 2. The van der Waals surface area contributed by atoms with Crippen LogP contribution in [-0.2, 0) is 6.54 Å². The zero-order valence-corrected chi connectivity index (χ0v) is 10.9. The molecule has 1 aromatic heterocycles. The van der Waals surface area contributed by atoms with Gasteiger partial charge in [-0.3, -0.25) is 4.98 Å². The second-order valence-electron chi connectivity index (χ2n) is 4.73. The summed E-state index contributed by atoms with van der Waals surface area (Å²) in [5.41, 5.74) is 11.6. The zero-order chi connectivity index (χ0) is 13.2. The van der Waals surface area contributed by atoms with Gasteiger partial charge in [0.2, 0.25) is 0 Å². The molecular formula is C17H16N2. The fraction of sp³-hybridized carbons (Fsp3) is 0.118. The van der Waals surface area contributed by atoms with Crippen LogP contribution in [0.25, 0.3) is 22.0 Å². The predicted molar refractivity (Wildman–Crippen MR) is 79.8 cm³/mol. The van der Waals surface area contributed by atoms with Crippen molar-refractivity contribution >= 4 is 10.9 Å². The van der Waals surface area contributed by atoms with E-state index in [9.17, 15) is 0 Å². The van der Waals surface area contributed by atoms with Gasteiger partial charge < -0.3 is 5.73 Å². The molecule has 2 heteroatoms. The van der Waals surface area contributed by atoms with Gasteiger partial charge in [0.15, 0.2) is 0 Å². The number of aromatic nitrogens is 1. The third-order valence-corrected chi connectivity index (χ3v) is 3.47. The van der Waals surface area contributed by atoms with E-state index < -0.39 is 0 Å². The minimum Gasteiger partial charge on any atom is -0.326 e. The number of fused-ring (bicyclic) bond motifs is 1. The van der Waals surface area contributed by atoms with Gasteiger partial charge in [-0.1, -0.05) is 30.3 Å². The molecule has 0 amide bonds. The SMILES string of the molecule is Cc1ccc(CN)cc1-c1cccc2ncccc12. The molecule has 0 aliphatic heterocycles. The molecule has 0 aliphatic carbocycles. The fourth-order valence-electron chi connectivity index (χ4n) is 2.42. The minimum absolute atomic E-state index is 0.566. The highest BCUT2D eigenvalue weighted by atomic mass is 14.6. The molecule has 0 unspecified atom stereocenters. The van der Waals surface area contributed by atoms with Gasteiger partial charge in [-0.2, -0.15) is 0 Å². The summed E-state index contributed by atoms with van der Waals surface area (Å²) in [6.45, 7) is 2.70. The lowest BCUT2D eigenvalue weighted by molar-refractivity contribution is 1.07. The Balaban J connectivity index is 2.30. The summed E-state index contributed by atoms with van der Waals surface area (Å²) in [6.07, 6.45) is 1.83. The van der Waals surface area contributed by atoms with Gasteiger partial charge >= 0.3 is 0 Å². The average molecular weight is 248 g/mol. The second-order valence-corrected chi connectivity index (χ2v) is 4.73. The molecule has 1 heterocycles. The van der Waals surface area contributed by atoms with Crippen LogP contribution in [0.2, 0.25) is 0 Å². The van der Waals surface area contributed by atoms with Crippen molar-refractivity contribution < 1.29 is 0 Å². The van der Waals surface area contributed by atoms with E-state index in [4.69, 9.17) is 5.73 Å². The first-order chi connectivity index (χ1) is 9.29. The van der Waals surface area contributed by atoms with Crippen LogP contribution >= 0.6 is 0 Å². The third kappa shape index (κ3) is 2.11. The van der Waals surface area contributed by atoms with Crippen molar-refractivity contribution in [1.29, 1.82) is 0 Å². The van der Waals surface area contributed by atoms with E-state index in [2.05, 4.69) is 48.3 Å². The number of rotatable bonds is 2. The van der Waals surface area contributed by atoms with E-state index in [0.717, 1.165) is 11.1 Å². The van der Waals surface area contributed by atoms with Crippen LogP contribution in [0.15, 0.2) is 54.7 Å². The standard InChI is InChI=1S/C17H16N2/c1-12-7-8-13(11-18)10-16(12)14-4-2-6-17-15(14)5-3-9-19-17/h2-10H,11,18H2,1H3. The molecule has 2 aromatic carbocycles. The highest BCUT2D eigenvalue weighted by Crippen LogP contribution is 2.30. The third-order valence-electron chi connectivity index (χ3n) is 3.47. The van der Waals surface area contributed by atoms with E-state index in [0.29, 0.717) is 6.54 Å². The van der Waals surface area contributed by atoms with Crippen molar-refractivity contribution in [3.05, 3.63) is 65.9 Å². The molecule has 0 bridgehead atoms. The summed E-state index contributed by atoms with van der Waals surface area (Å²) in [4.78, 5) is 4.41. The van der Waals surface area contributed by atoms with Crippen LogP contribution in [-0.4, -0.2) is 4.98 Å². The summed E-state index contributed by atoms with van der Waals surface area (Å²) in [6, 6.07) is 16.7. The molecule has 2 nitrogen and oxygen atoms in total. The van der Waals surface area contributed by atoms with Crippen LogP contribution in [0.3, 0.4) is 0 Å². The lowest BCUT2D eigenvalue weighted by Crippen LogP contribution is -1.97. The molecule has 19 heavy (non-hydrogen) atoms. The van der Waals surface area contributed by atoms with Crippen LogP contribution in [0.4, 0.5) is 0 Å². The first-order valence-electron chi connectivity index (χ1n) is 6.43. The normalized spacial score (nSPS) is 10.8. The molecule has 0 saturated heterocycles. The maximum atomic E-state index is 5.75. The van der Waals surface area contributed by atoms with Crippen molar-refractivity contribution in [1.82, 2.24) is 4.98 Å². The molecule has 0 spiro atoms. The molecule has 0 aliphatic rings. The van der Waals surface area contributed by atoms with E-state index >= 15 is 0 Å². The van der Waals surface area contributed by atoms with E-state index in [1.165, 1.54) is 22.1 Å². The van der Waals surface area contributed by atoms with Gasteiger partial charge in [-0.05, 0) is 47.4 Å². The summed E-state index contributed by atoms with van der Waals surface area (Å²) in [7, 11) is 0. The van der Waals surface area contributed by atoms with Crippen LogP contribution in [0.1, 0.15) is 11.1 Å². The number of aryl methyl sites for hydroxylation is 1. The monoisotopic (exact) mass is 248 g/mol. The Morgan fingerprint density at radius 2 is 1.89 bits per heavy atom. The Bertz CT molecular complexity index is 727. The number of benzene rings is 2. The topological polar surface area (TPSA) is 38.9 Å². The highest BCUT2D eigenvalue weighted by Gasteiger charge is 2.07. The first kappa shape index (κ1) is 11.9. The molecule has 0 radical (unpaired) electrons. The van der Waals surface area contributed by atoms with Gasteiger partial charge in [-0.25, -0.2) is 0 Å². The predicted octanol–water partition coefficient (Wildman–Crippen LogP) is 3.67. The summed E-state index contributed by atoms with van der Waals surface area (Å²) >= 11 is 0. The summed E-state index contributed by atoms with van der Waals surface area (Å²) in [5, 5.41) is 1.18. The fourth-order valence-corrected chi connectivity index (χ4v) is 2.42. The first-order valence-corrected chi connectivity index (χ1v) is 6.43. The van der Waals surface area contributed by atoms with Gasteiger partial charge in [0.1, 0.15) is 0 Å². The van der Waals surface area contributed by atoms with E-state index in [1.54, 1.807) is 0 Å². The maximum Gasteiger partial charge on any atom is 0.0708 e. The van der Waals surface area contributed by atoms with Crippen molar-refractivity contribution in [3.63, 3.8) is 0 Å². The van der Waals surface area contributed by atoms with E-state index in [1.807, 2.05) is 18.3 Å². The second kappa shape index (κ2) is 4.82. The van der Waals surface area contributed by atoms with Crippen LogP contribution < -0.4 is 5.73 Å². The molecule has 2 N–H and O–H groups in total. The maximum absolute atomic E-state index is 5.75. The van der Waals surface area contributed by atoms with Crippen molar-refractivity contribution in [3.8, 4) is 11.1 Å². The van der Waals surface area contributed by atoms with E-state index in [-0.39, 0.29) is 0 Å².